The predicted octanol–water partition coefficient (Wildman–Crippen LogP) is 2.62. The van der Waals surface area contributed by atoms with E-state index in [1.54, 1.807) is 24.3 Å². The van der Waals surface area contributed by atoms with E-state index in [-0.39, 0.29) is 29.7 Å². The summed E-state index contributed by atoms with van der Waals surface area (Å²) in [6.45, 7) is 0.329. The first-order valence-electron chi connectivity index (χ1n) is 8.17. The largest absolute Gasteiger partial charge is 0.481 e. The van der Waals surface area contributed by atoms with Crippen molar-refractivity contribution in [3.8, 4) is 5.75 Å². The van der Waals surface area contributed by atoms with Crippen LogP contribution in [0.25, 0.3) is 0 Å². The second-order valence-corrected chi connectivity index (χ2v) is 6.49. The van der Waals surface area contributed by atoms with Crippen molar-refractivity contribution in [3.05, 3.63) is 59.4 Å². The third-order valence-corrected chi connectivity index (χ3v) is 4.76. The Balaban J connectivity index is 1.50. The van der Waals surface area contributed by atoms with E-state index in [0.29, 0.717) is 23.5 Å². The Morgan fingerprint density at radius 2 is 2.04 bits per heavy atom. The molecule has 25 heavy (non-hydrogen) atoms. The highest BCUT2D eigenvalue weighted by Crippen LogP contribution is 2.47. The summed E-state index contributed by atoms with van der Waals surface area (Å²) in [6, 6.07) is 11.6. The van der Waals surface area contributed by atoms with Gasteiger partial charge in [-0.25, -0.2) is 4.39 Å². The fourth-order valence-corrected chi connectivity index (χ4v) is 3.18. The average molecular weight is 340 g/mol. The number of hydrogen-bond acceptors (Lipinski definition) is 3. The van der Waals surface area contributed by atoms with Crippen LogP contribution in [0.1, 0.15) is 28.8 Å². The molecular formula is C19H17FN2O3. The molecule has 0 radical (unpaired) electrons. The topological polar surface area (TPSA) is 67.4 Å². The van der Waals surface area contributed by atoms with Crippen LogP contribution in [0, 0.1) is 5.82 Å². The second-order valence-electron chi connectivity index (χ2n) is 6.49. The molecule has 1 saturated carbocycles. The summed E-state index contributed by atoms with van der Waals surface area (Å²) in [7, 11) is 0. The summed E-state index contributed by atoms with van der Waals surface area (Å²) in [6.07, 6.45) is 1.83. The molecule has 0 spiro atoms. The third kappa shape index (κ3) is 2.95. The molecule has 128 valence electrons. The van der Waals surface area contributed by atoms with Crippen LogP contribution in [0.5, 0.6) is 5.75 Å². The van der Waals surface area contributed by atoms with Gasteiger partial charge in [-0.1, -0.05) is 18.2 Å². The van der Waals surface area contributed by atoms with Crippen LogP contribution in [0.2, 0.25) is 0 Å². The molecule has 0 aromatic heterocycles. The van der Waals surface area contributed by atoms with Crippen molar-refractivity contribution in [1.29, 1.82) is 0 Å². The highest BCUT2D eigenvalue weighted by Gasteiger charge is 2.44. The molecule has 0 atom stereocenters. The van der Waals surface area contributed by atoms with Gasteiger partial charge in [0.25, 0.3) is 11.8 Å². The molecule has 1 fully saturated rings. The minimum Gasteiger partial charge on any atom is -0.481 e. The first kappa shape index (κ1) is 15.6. The normalized spacial score (nSPS) is 17.1. The van der Waals surface area contributed by atoms with Crippen LogP contribution in [-0.2, 0) is 10.2 Å². The van der Waals surface area contributed by atoms with Crippen LogP contribution in [0.4, 0.5) is 10.1 Å². The van der Waals surface area contributed by atoms with Crippen molar-refractivity contribution in [1.82, 2.24) is 5.32 Å². The van der Waals surface area contributed by atoms with Gasteiger partial charge in [0, 0.05) is 12.0 Å². The average Bonchev–Trinajstić information content (AvgIpc) is 3.40. The Morgan fingerprint density at radius 3 is 2.80 bits per heavy atom. The Bertz CT molecular complexity index is 861. The van der Waals surface area contributed by atoms with E-state index in [0.717, 1.165) is 18.4 Å². The zero-order chi connectivity index (χ0) is 17.4. The number of fused-ring (bicyclic) bond motifs is 1. The highest BCUT2D eigenvalue weighted by molar-refractivity contribution is 6.03. The van der Waals surface area contributed by atoms with Gasteiger partial charge in [0.05, 0.1) is 11.3 Å². The van der Waals surface area contributed by atoms with Crippen LogP contribution >= 0.6 is 0 Å². The van der Waals surface area contributed by atoms with Gasteiger partial charge in [-0.2, -0.15) is 0 Å². The molecule has 0 saturated heterocycles. The fraction of sp³-hybridized carbons (Fsp3) is 0.263. The first-order valence-corrected chi connectivity index (χ1v) is 8.17. The summed E-state index contributed by atoms with van der Waals surface area (Å²) in [5.74, 6) is -0.393. The van der Waals surface area contributed by atoms with E-state index in [1.165, 1.54) is 12.1 Å². The van der Waals surface area contributed by atoms with Crippen molar-refractivity contribution >= 4 is 17.5 Å². The van der Waals surface area contributed by atoms with E-state index in [2.05, 4.69) is 10.6 Å². The van der Waals surface area contributed by atoms with E-state index < -0.39 is 0 Å². The summed E-state index contributed by atoms with van der Waals surface area (Å²) >= 11 is 0. The first-order chi connectivity index (χ1) is 12.1. The van der Waals surface area contributed by atoms with Gasteiger partial charge < -0.3 is 15.4 Å². The Kier molecular flexibility index (Phi) is 3.67. The van der Waals surface area contributed by atoms with Crippen molar-refractivity contribution in [2.45, 2.75) is 18.3 Å². The standard InChI is InChI=1S/C19H17FN2O3/c20-13-4-1-3-12(9-13)19(7-8-19)11-21-18(24)14-5-2-6-15-17(14)25-10-16(23)22-15/h1-6,9H,7-8,10-11H2,(H,21,24)(H,22,23). The minimum absolute atomic E-state index is 0.107. The molecule has 2 aromatic carbocycles. The molecule has 2 aromatic rings. The maximum Gasteiger partial charge on any atom is 0.262 e. The molecule has 2 N–H and O–H groups in total. The quantitative estimate of drug-likeness (QED) is 0.899. The molecule has 6 heteroatoms. The molecule has 0 unspecified atom stereocenters. The maximum atomic E-state index is 13.5. The number of rotatable bonds is 4. The summed E-state index contributed by atoms with van der Waals surface area (Å²) in [5.41, 5.74) is 1.59. The number of nitrogens with one attached hydrogen (secondary N) is 2. The lowest BCUT2D eigenvalue weighted by atomic mass is 9.95. The lowest BCUT2D eigenvalue weighted by Gasteiger charge is -2.21. The molecule has 0 bridgehead atoms. The number of amides is 2. The van der Waals surface area contributed by atoms with Crippen molar-refractivity contribution < 1.29 is 18.7 Å². The van der Waals surface area contributed by atoms with Gasteiger partial charge >= 0.3 is 0 Å². The van der Waals surface area contributed by atoms with Gasteiger partial charge in [0.2, 0.25) is 0 Å². The monoisotopic (exact) mass is 340 g/mol. The lowest BCUT2D eigenvalue weighted by molar-refractivity contribution is -0.118. The van der Waals surface area contributed by atoms with E-state index in [9.17, 15) is 14.0 Å². The number of carbonyl (C=O) groups excluding carboxylic acids is 2. The van der Waals surface area contributed by atoms with Crippen LogP contribution < -0.4 is 15.4 Å². The minimum atomic E-state index is -0.268. The maximum absolute atomic E-state index is 13.5. The van der Waals surface area contributed by atoms with E-state index >= 15 is 0 Å². The van der Waals surface area contributed by atoms with Gasteiger partial charge in [-0.05, 0) is 42.7 Å². The van der Waals surface area contributed by atoms with E-state index in [4.69, 9.17) is 4.74 Å². The summed E-state index contributed by atoms with van der Waals surface area (Å²) in [5, 5.41) is 5.61. The van der Waals surface area contributed by atoms with Crippen molar-refractivity contribution in [2.24, 2.45) is 0 Å². The predicted molar refractivity (Wildman–Crippen MR) is 90.2 cm³/mol. The molecule has 1 aliphatic carbocycles. The Morgan fingerprint density at radius 1 is 1.24 bits per heavy atom. The molecule has 4 rings (SSSR count). The van der Waals surface area contributed by atoms with Crippen LogP contribution in [0.15, 0.2) is 42.5 Å². The molecule has 2 aliphatic rings. The van der Waals surface area contributed by atoms with Crippen LogP contribution in [0.3, 0.4) is 0 Å². The molecule has 1 aliphatic heterocycles. The van der Waals surface area contributed by atoms with Gasteiger partial charge in [-0.15, -0.1) is 0 Å². The number of para-hydroxylation sites is 1. The zero-order valence-corrected chi connectivity index (χ0v) is 13.5. The van der Waals surface area contributed by atoms with Gasteiger partial charge in [0.15, 0.2) is 12.4 Å². The molecule has 1 heterocycles. The number of carbonyl (C=O) groups is 2. The smallest absolute Gasteiger partial charge is 0.262 e. The number of benzene rings is 2. The Labute approximate surface area is 144 Å². The third-order valence-electron chi connectivity index (χ3n) is 4.76. The lowest BCUT2D eigenvalue weighted by Crippen LogP contribution is -2.33. The summed E-state index contributed by atoms with van der Waals surface area (Å²) in [4.78, 5) is 24.0. The van der Waals surface area contributed by atoms with Crippen molar-refractivity contribution in [3.63, 3.8) is 0 Å². The Hall–Kier alpha value is -2.89. The van der Waals surface area contributed by atoms with E-state index in [1.807, 2.05) is 6.07 Å². The number of hydrogen-bond donors (Lipinski definition) is 2. The number of ether oxygens (including phenoxy) is 1. The summed E-state index contributed by atoms with van der Waals surface area (Å²) < 4.78 is 18.9. The highest BCUT2D eigenvalue weighted by atomic mass is 19.1. The molecule has 5 nitrogen and oxygen atoms in total. The van der Waals surface area contributed by atoms with Crippen molar-refractivity contribution in [2.75, 3.05) is 18.5 Å². The number of halogens is 1. The SMILES string of the molecule is O=C1COc2c(cccc2C(=O)NCC2(c3cccc(F)c3)CC2)N1. The fourth-order valence-electron chi connectivity index (χ4n) is 3.18. The second kappa shape index (κ2) is 5.88. The van der Waals surface area contributed by atoms with Crippen LogP contribution in [-0.4, -0.2) is 25.0 Å². The zero-order valence-electron chi connectivity index (χ0n) is 13.5. The van der Waals surface area contributed by atoms with Gasteiger partial charge in [0.1, 0.15) is 5.82 Å². The molecule has 2 amide bonds. The van der Waals surface area contributed by atoms with Gasteiger partial charge in [-0.3, -0.25) is 9.59 Å². The molecular weight excluding hydrogens is 323 g/mol. The number of anilines is 1.